The van der Waals surface area contributed by atoms with Gasteiger partial charge in [-0.25, -0.2) is 0 Å². The maximum absolute atomic E-state index is 8.92. The Morgan fingerprint density at radius 3 is 1.32 bits per heavy atom. The van der Waals surface area contributed by atoms with Crippen LogP contribution in [0.5, 0.6) is 0 Å². The number of hydrogen-bond acceptors (Lipinski definition) is 3. The first-order valence-corrected chi connectivity index (χ1v) is 10.6. The molecular weight excluding hydrogens is 308 g/mol. The van der Waals surface area contributed by atoms with Gasteiger partial charge in [0.05, 0.1) is 4.08 Å². The maximum atomic E-state index is 8.92. The van der Waals surface area contributed by atoms with Crippen LogP contribution in [0.4, 0.5) is 0 Å². The van der Waals surface area contributed by atoms with E-state index in [1.807, 2.05) is 0 Å². The van der Waals surface area contributed by atoms with Crippen molar-refractivity contribution in [1.29, 1.82) is 0 Å². The summed E-state index contributed by atoms with van der Waals surface area (Å²) in [6, 6.07) is 0. The van der Waals surface area contributed by atoms with Gasteiger partial charge in [0.25, 0.3) is 0 Å². The van der Waals surface area contributed by atoms with Gasteiger partial charge in [0.2, 0.25) is 0 Å². The largest absolute Gasteiger partial charge is 0.396 e. The monoisotopic (exact) mass is 348 g/mol. The van der Waals surface area contributed by atoms with Gasteiger partial charge in [-0.2, -0.15) is 25.3 Å². The van der Waals surface area contributed by atoms with Crippen molar-refractivity contribution in [3.05, 3.63) is 0 Å². The average Bonchev–Trinajstić information content (AvgIpc) is 2.47. The van der Waals surface area contributed by atoms with Crippen molar-refractivity contribution in [3.63, 3.8) is 0 Å². The lowest BCUT2D eigenvalue weighted by atomic mass is 10.0. The molecule has 0 atom stereocenters. The topological polar surface area (TPSA) is 20.2 Å². The molecule has 0 aromatic rings. The number of unbranched alkanes of at least 4 members (excludes halogenated alkanes) is 13. The van der Waals surface area contributed by atoms with Crippen LogP contribution in [0.2, 0.25) is 0 Å². The van der Waals surface area contributed by atoms with Crippen LogP contribution < -0.4 is 0 Å². The highest BCUT2D eigenvalue weighted by atomic mass is 32.2. The van der Waals surface area contributed by atoms with Gasteiger partial charge in [0.1, 0.15) is 0 Å². The van der Waals surface area contributed by atoms with Crippen LogP contribution in [0.3, 0.4) is 0 Å². The number of thiol groups is 2. The minimum Gasteiger partial charge on any atom is -0.396 e. The standard InChI is InChI=1S/C19H40OS2/c1-2-3-4-5-6-7-8-9-10-11-12-13-14-15-16-19(21,22)17-18-20/h20-22H,2-18H2,1H3. The molecule has 0 radical (unpaired) electrons. The molecule has 0 spiro atoms. The van der Waals surface area contributed by atoms with E-state index in [9.17, 15) is 0 Å². The van der Waals surface area contributed by atoms with Crippen molar-refractivity contribution in [2.75, 3.05) is 6.61 Å². The zero-order valence-electron chi connectivity index (χ0n) is 14.9. The Kier molecular flexibility index (Phi) is 17.0. The fourth-order valence-corrected chi connectivity index (χ4v) is 3.42. The first-order valence-electron chi connectivity index (χ1n) is 9.68. The molecule has 1 N–H and O–H groups in total. The normalized spacial score (nSPS) is 12.0. The molecule has 0 rings (SSSR count). The number of aliphatic hydroxyl groups is 1. The first kappa shape index (κ1) is 22.7. The molecule has 0 unspecified atom stereocenters. The molecule has 0 heterocycles. The second-order valence-corrected chi connectivity index (χ2v) is 8.87. The van der Waals surface area contributed by atoms with Gasteiger partial charge in [0, 0.05) is 6.61 Å². The van der Waals surface area contributed by atoms with Crippen LogP contribution in [0.1, 0.15) is 110 Å². The van der Waals surface area contributed by atoms with Crippen molar-refractivity contribution in [2.24, 2.45) is 0 Å². The molecule has 0 saturated carbocycles. The molecule has 0 aromatic heterocycles. The summed E-state index contributed by atoms with van der Waals surface area (Å²) in [6.07, 6.45) is 21.1. The third-order valence-corrected chi connectivity index (χ3v) is 5.34. The Morgan fingerprint density at radius 1 is 0.591 bits per heavy atom. The summed E-state index contributed by atoms with van der Waals surface area (Å²) in [5, 5.41) is 8.92. The Bertz CT molecular complexity index is 219. The van der Waals surface area contributed by atoms with Crippen LogP contribution in [0.25, 0.3) is 0 Å². The Labute approximate surface area is 150 Å². The molecule has 0 saturated heterocycles. The predicted octanol–water partition coefficient (Wildman–Crippen LogP) is 6.80. The van der Waals surface area contributed by atoms with Crippen LogP contribution in [-0.2, 0) is 0 Å². The van der Waals surface area contributed by atoms with Crippen molar-refractivity contribution in [1.82, 2.24) is 0 Å². The van der Waals surface area contributed by atoms with E-state index in [0.717, 1.165) is 6.42 Å². The Morgan fingerprint density at radius 2 is 0.955 bits per heavy atom. The molecule has 0 fully saturated rings. The van der Waals surface area contributed by atoms with E-state index < -0.39 is 0 Å². The lowest BCUT2D eigenvalue weighted by Crippen LogP contribution is -2.14. The number of hydrogen-bond donors (Lipinski definition) is 3. The average molecular weight is 349 g/mol. The second kappa shape index (κ2) is 16.5. The van der Waals surface area contributed by atoms with Gasteiger partial charge in [-0.1, -0.05) is 96.8 Å². The fraction of sp³-hybridized carbons (Fsp3) is 1.00. The SMILES string of the molecule is CCCCCCCCCCCCCCCCC(S)(S)CCO. The van der Waals surface area contributed by atoms with Gasteiger partial charge in [-0.05, 0) is 12.8 Å². The molecule has 0 aliphatic heterocycles. The zero-order valence-corrected chi connectivity index (χ0v) is 16.7. The van der Waals surface area contributed by atoms with E-state index in [0.29, 0.717) is 6.42 Å². The highest BCUT2D eigenvalue weighted by molar-refractivity contribution is 8.00. The van der Waals surface area contributed by atoms with Crippen molar-refractivity contribution in [3.8, 4) is 0 Å². The van der Waals surface area contributed by atoms with Gasteiger partial charge in [-0.15, -0.1) is 0 Å². The second-order valence-electron chi connectivity index (χ2n) is 6.80. The first-order chi connectivity index (χ1) is 10.6. The molecule has 134 valence electrons. The molecule has 0 aromatic carbocycles. The van der Waals surface area contributed by atoms with E-state index in [1.165, 1.54) is 89.9 Å². The molecule has 0 amide bonds. The fourth-order valence-electron chi connectivity index (χ4n) is 2.91. The van der Waals surface area contributed by atoms with Crippen LogP contribution >= 0.6 is 25.3 Å². The quantitative estimate of drug-likeness (QED) is 0.150. The van der Waals surface area contributed by atoms with Gasteiger partial charge in [-0.3, -0.25) is 0 Å². The van der Waals surface area contributed by atoms with Gasteiger partial charge < -0.3 is 5.11 Å². The molecular formula is C19H40OS2. The van der Waals surface area contributed by atoms with Crippen LogP contribution in [0.15, 0.2) is 0 Å². The van der Waals surface area contributed by atoms with Gasteiger partial charge in [0.15, 0.2) is 0 Å². The predicted molar refractivity (Wildman–Crippen MR) is 107 cm³/mol. The lowest BCUT2D eigenvalue weighted by molar-refractivity contribution is 0.281. The minimum absolute atomic E-state index is 0.186. The Hall–Kier alpha value is 0.660. The molecule has 1 nitrogen and oxygen atoms in total. The van der Waals surface area contributed by atoms with E-state index in [4.69, 9.17) is 5.11 Å². The van der Waals surface area contributed by atoms with Gasteiger partial charge >= 0.3 is 0 Å². The summed E-state index contributed by atoms with van der Waals surface area (Å²) in [6.45, 7) is 2.47. The summed E-state index contributed by atoms with van der Waals surface area (Å²) in [5.41, 5.74) is 0. The summed E-state index contributed by atoms with van der Waals surface area (Å²) in [5.74, 6) is 0. The number of aliphatic hydroxyl groups excluding tert-OH is 1. The summed E-state index contributed by atoms with van der Waals surface area (Å²) < 4.78 is -0.272. The molecule has 0 bridgehead atoms. The lowest BCUT2D eigenvalue weighted by Gasteiger charge is -2.21. The third kappa shape index (κ3) is 17.0. The minimum atomic E-state index is -0.272. The smallest absolute Gasteiger partial charge is 0.0573 e. The van der Waals surface area contributed by atoms with E-state index in [1.54, 1.807) is 0 Å². The molecule has 0 aliphatic rings. The molecule has 0 aliphatic carbocycles. The highest BCUT2D eigenvalue weighted by Gasteiger charge is 2.18. The maximum Gasteiger partial charge on any atom is 0.0573 e. The van der Waals surface area contributed by atoms with Crippen molar-refractivity contribution >= 4 is 25.3 Å². The summed E-state index contributed by atoms with van der Waals surface area (Å²) >= 11 is 8.98. The van der Waals surface area contributed by atoms with Crippen LogP contribution in [-0.4, -0.2) is 15.8 Å². The molecule has 3 heteroatoms. The van der Waals surface area contributed by atoms with Crippen molar-refractivity contribution < 1.29 is 5.11 Å². The molecule has 22 heavy (non-hydrogen) atoms. The zero-order chi connectivity index (χ0) is 16.5. The third-order valence-electron chi connectivity index (χ3n) is 4.44. The van der Waals surface area contributed by atoms with E-state index >= 15 is 0 Å². The Balaban J connectivity index is 3.11. The van der Waals surface area contributed by atoms with Crippen molar-refractivity contribution in [2.45, 2.75) is 114 Å². The summed E-state index contributed by atoms with van der Waals surface area (Å²) in [7, 11) is 0. The van der Waals surface area contributed by atoms with Crippen LogP contribution in [0, 0.1) is 0 Å². The number of rotatable bonds is 17. The highest BCUT2D eigenvalue weighted by Crippen LogP contribution is 2.30. The van der Waals surface area contributed by atoms with E-state index in [-0.39, 0.29) is 10.7 Å². The summed E-state index contributed by atoms with van der Waals surface area (Å²) in [4.78, 5) is 0. The van der Waals surface area contributed by atoms with E-state index in [2.05, 4.69) is 32.2 Å².